The number of rotatable bonds is 3. The third-order valence-electron chi connectivity index (χ3n) is 3.49. The molecule has 0 amide bonds. The van der Waals surface area contributed by atoms with Gasteiger partial charge >= 0.3 is 0 Å². The molecule has 96 valence electrons. The van der Waals surface area contributed by atoms with Gasteiger partial charge in [0.25, 0.3) is 0 Å². The summed E-state index contributed by atoms with van der Waals surface area (Å²) in [7, 11) is 0. The molecule has 3 heterocycles. The predicted octanol–water partition coefficient (Wildman–Crippen LogP) is 2.02. The molecule has 1 atom stereocenters. The molecular weight excluding hydrogens is 228 g/mol. The molecule has 18 heavy (non-hydrogen) atoms. The van der Waals surface area contributed by atoms with Gasteiger partial charge in [-0.05, 0) is 38.4 Å². The van der Waals surface area contributed by atoms with Gasteiger partial charge in [0, 0.05) is 19.3 Å². The van der Waals surface area contributed by atoms with Crippen LogP contribution in [-0.2, 0) is 6.54 Å². The third-order valence-corrected chi connectivity index (χ3v) is 3.49. The van der Waals surface area contributed by atoms with E-state index in [1.54, 1.807) is 0 Å². The smallest absolute Gasteiger partial charge is 0.231 e. The highest BCUT2D eigenvalue weighted by atomic mass is 16.5. The van der Waals surface area contributed by atoms with Crippen LogP contribution < -0.4 is 5.32 Å². The van der Waals surface area contributed by atoms with E-state index in [0.717, 1.165) is 37.6 Å². The fourth-order valence-electron chi connectivity index (χ4n) is 2.46. The Balaban J connectivity index is 1.84. The van der Waals surface area contributed by atoms with Gasteiger partial charge in [0.2, 0.25) is 11.7 Å². The zero-order valence-electron chi connectivity index (χ0n) is 10.6. The molecule has 0 bridgehead atoms. The van der Waals surface area contributed by atoms with E-state index in [4.69, 9.17) is 4.52 Å². The summed E-state index contributed by atoms with van der Waals surface area (Å²) in [6, 6.07) is 4.04. The van der Waals surface area contributed by atoms with Crippen molar-refractivity contribution < 1.29 is 4.52 Å². The molecule has 1 aliphatic heterocycles. The average molecular weight is 246 g/mol. The highest BCUT2D eigenvalue weighted by Crippen LogP contribution is 2.24. The quantitative estimate of drug-likeness (QED) is 0.900. The van der Waals surface area contributed by atoms with Crippen LogP contribution in [0.4, 0.5) is 0 Å². The molecule has 5 heteroatoms. The summed E-state index contributed by atoms with van der Waals surface area (Å²) in [5.74, 6) is 1.83. The van der Waals surface area contributed by atoms with Crippen LogP contribution in [0.25, 0.3) is 11.5 Å². The summed E-state index contributed by atoms with van der Waals surface area (Å²) < 4.78 is 7.53. The van der Waals surface area contributed by atoms with Gasteiger partial charge in [0.05, 0.1) is 11.6 Å². The van der Waals surface area contributed by atoms with Gasteiger partial charge in [-0.15, -0.1) is 0 Å². The second-order valence-electron chi connectivity index (χ2n) is 4.68. The molecule has 1 N–H and O–H groups in total. The lowest BCUT2D eigenvalue weighted by atomic mass is 10.00. The first-order valence-corrected chi connectivity index (χ1v) is 6.58. The maximum absolute atomic E-state index is 5.41. The number of aryl methyl sites for hydroxylation is 1. The molecule has 1 fully saturated rings. The Morgan fingerprint density at radius 2 is 2.50 bits per heavy atom. The molecule has 0 unspecified atom stereocenters. The van der Waals surface area contributed by atoms with Crippen LogP contribution in [0.2, 0.25) is 0 Å². The number of aromatic nitrogens is 3. The second-order valence-corrected chi connectivity index (χ2v) is 4.68. The molecule has 2 aromatic rings. The Kier molecular flexibility index (Phi) is 3.15. The second kappa shape index (κ2) is 4.94. The van der Waals surface area contributed by atoms with Gasteiger partial charge in [-0.25, -0.2) is 0 Å². The van der Waals surface area contributed by atoms with E-state index in [2.05, 4.69) is 26.9 Å². The highest BCUT2D eigenvalue weighted by Gasteiger charge is 2.22. The van der Waals surface area contributed by atoms with Crippen LogP contribution in [0.1, 0.15) is 31.6 Å². The molecule has 0 spiro atoms. The number of piperidine rings is 1. The summed E-state index contributed by atoms with van der Waals surface area (Å²) >= 11 is 0. The lowest BCUT2D eigenvalue weighted by molar-refractivity contribution is 0.322. The first-order valence-electron chi connectivity index (χ1n) is 6.58. The summed E-state index contributed by atoms with van der Waals surface area (Å²) in [6.45, 7) is 5.05. The minimum Gasteiger partial charge on any atom is -0.345 e. The summed E-state index contributed by atoms with van der Waals surface area (Å²) in [4.78, 5) is 4.55. The number of nitrogens with one attached hydrogen (secondary N) is 1. The summed E-state index contributed by atoms with van der Waals surface area (Å²) in [6.07, 6.45) is 4.34. The highest BCUT2D eigenvalue weighted by molar-refractivity contribution is 5.49. The zero-order valence-corrected chi connectivity index (χ0v) is 10.6. The van der Waals surface area contributed by atoms with Crippen molar-refractivity contribution in [3.8, 4) is 11.5 Å². The van der Waals surface area contributed by atoms with E-state index < -0.39 is 0 Å². The van der Waals surface area contributed by atoms with Gasteiger partial charge in [0.1, 0.15) is 0 Å². The molecule has 0 radical (unpaired) electrons. The Morgan fingerprint density at radius 3 is 3.28 bits per heavy atom. The largest absolute Gasteiger partial charge is 0.345 e. The minimum absolute atomic E-state index is 0.366. The van der Waals surface area contributed by atoms with E-state index in [1.165, 1.54) is 6.42 Å². The van der Waals surface area contributed by atoms with Crippen LogP contribution in [0, 0.1) is 0 Å². The van der Waals surface area contributed by atoms with Gasteiger partial charge in [0.15, 0.2) is 0 Å². The first kappa shape index (κ1) is 11.5. The van der Waals surface area contributed by atoms with Crippen LogP contribution >= 0.6 is 0 Å². The molecule has 1 aliphatic rings. The van der Waals surface area contributed by atoms with Crippen molar-refractivity contribution in [3.05, 3.63) is 24.2 Å². The third kappa shape index (κ3) is 2.06. The van der Waals surface area contributed by atoms with Crippen molar-refractivity contribution in [1.82, 2.24) is 20.0 Å². The van der Waals surface area contributed by atoms with Gasteiger partial charge in [-0.3, -0.25) is 0 Å². The topological polar surface area (TPSA) is 55.9 Å². The lowest BCUT2D eigenvalue weighted by Gasteiger charge is -2.18. The molecule has 0 saturated carbocycles. The average Bonchev–Trinajstić information content (AvgIpc) is 3.08. The van der Waals surface area contributed by atoms with Crippen molar-refractivity contribution in [2.75, 3.05) is 13.1 Å². The number of hydrogen-bond acceptors (Lipinski definition) is 4. The lowest BCUT2D eigenvalue weighted by Crippen LogP contribution is -2.28. The van der Waals surface area contributed by atoms with E-state index in [1.807, 2.05) is 18.3 Å². The fraction of sp³-hybridized carbons (Fsp3) is 0.538. The summed E-state index contributed by atoms with van der Waals surface area (Å²) in [5.41, 5.74) is 1.02. The van der Waals surface area contributed by atoms with E-state index >= 15 is 0 Å². The van der Waals surface area contributed by atoms with Crippen molar-refractivity contribution in [3.63, 3.8) is 0 Å². The zero-order chi connectivity index (χ0) is 12.4. The molecular formula is C13H18N4O. The Bertz CT molecular complexity index is 511. The molecule has 1 saturated heterocycles. The van der Waals surface area contributed by atoms with Crippen molar-refractivity contribution in [2.45, 2.75) is 32.2 Å². The maximum atomic E-state index is 5.41. The molecule has 0 aliphatic carbocycles. The molecule has 5 nitrogen and oxygen atoms in total. The molecule has 2 aromatic heterocycles. The maximum Gasteiger partial charge on any atom is 0.231 e. The standard InChI is InChI=1S/C13H18N4O/c1-2-17-8-4-6-11(17)12-15-13(18-16-12)10-5-3-7-14-9-10/h4,6,8,10,14H,2-3,5,7,9H2,1H3/t10-/m0/s1. The minimum atomic E-state index is 0.366. The van der Waals surface area contributed by atoms with Crippen LogP contribution in [0.5, 0.6) is 0 Å². The van der Waals surface area contributed by atoms with Crippen LogP contribution in [-0.4, -0.2) is 27.8 Å². The Labute approximate surface area is 106 Å². The number of hydrogen-bond donors (Lipinski definition) is 1. The van der Waals surface area contributed by atoms with Crippen LogP contribution in [0.15, 0.2) is 22.9 Å². The Morgan fingerprint density at radius 1 is 1.56 bits per heavy atom. The van der Waals surface area contributed by atoms with Gasteiger partial charge in [-0.2, -0.15) is 4.98 Å². The molecule has 3 rings (SSSR count). The van der Waals surface area contributed by atoms with Crippen molar-refractivity contribution in [2.24, 2.45) is 0 Å². The van der Waals surface area contributed by atoms with Gasteiger partial charge < -0.3 is 14.4 Å². The molecule has 0 aromatic carbocycles. The Hall–Kier alpha value is -1.62. The first-order chi connectivity index (χ1) is 8.88. The van der Waals surface area contributed by atoms with Crippen molar-refractivity contribution >= 4 is 0 Å². The van der Waals surface area contributed by atoms with E-state index in [9.17, 15) is 0 Å². The van der Waals surface area contributed by atoms with E-state index in [0.29, 0.717) is 11.7 Å². The number of nitrogens with zero attached hydrogens (tertiary/aromatic N) is 3. The summed E-state index contributed by atoms with van der Waals surface area (Å²) in [5, 5.41) is 7.47. The fourth-order valence-corrected chi connectivity index (χ4v) is 2.46. The monoisotopic (exact) mass is 246 g/mol. The van der Waals surface area contributed by atoms with Crippen LogP contribution in [0.3, 0.4) is 0 Å². The van der Waals surface area contributed by atoms with E-state index in [-0.39, 0.29) is 0 Å². The normalized spacial score (nSPS) is 20.2. The van der Waals surface area contributed by atoms with Crippen molar-refractivity contribution in [1.29, 1.82) is 0 Å². The van der Waals surface area contributed by atoms with Gasteiger partial charge in [-0.1, -0.05) is 5.16 Å². The SMILES string of the molecule is CCn1cccc1-c1noc([C@H]2CCCNC2)n1. The predicted molar refractivity (Wildman–Crippen MR) is 68.2 cm³/mol.